The SMILES string of the molecule is CCNc1cccc(N2CCC(C)(O)CC2)c1[N+](=O)[O-]. The molecule has 0 amide bonds. The van der Waals surface area contributed by atoms with Crippen LogP contribution in [0.2, 0.25) is 0 Å². The standard InChI is InChI=1S/C14H21N3O3/c1-3-15-11-5-4-6-12(13(11)17(19)20)16-9-7-14(2,18)8-10-16/h4-6,15,18H,3,7-10H2,1-2H3. The minimum atomic E-state index is -0.662. The molecule has 6 nitrogen and oxygen atoms in total. The van der Waals surface area contributed by atoms with E-state index in [1.807, 2.05) is 24.8 Å². The van der Waals surface area contributed by atoms with Gasteiger partial charge < -0.3 is 15.3 Å². The molecule has 0 atom stereocenters. The Balaban J connectivity index is 2.32. The lowest BCUT2D eigenvalue weighted by molar-refractivity contribution is -0.383. The number of piperidine rings is 1. The highest BCUT2D eigenvalue weighted by Gasteiger charge is 2.31. The topological polar surface area (TPSA) is 78.6 Å². The van der Waals surface area contributed by atoms with Crippen molar-refractivity contribution >= 4 is 17.1 Å². The summed E-state index contributed by atoms with van der Waals surface area (Å²) in [6.45, 7) is 5.62. The summed E-state index contributed by atoms with van der Waals surface area (Å²) in [6.07, 6.45) is 1.24. The van der Waals surface area contributed by atoms with E-state index in [4.69, 9.17) is 0 Å². The van der Waals surface area contributed by atoms with Crippen molar-refractivity contribution < 1.29 is 10.0 Å². The summed E-state index contributed by atoms with van der Waals surface area (Å²) in [5, 5.41) is 24.4. The van der Waals surface area contributed by atoms with Gasteiger partial charge in [-0.15, -0.1) is 0 Å². The van der Waals surface area contributed by atoms with E-state index >= 15 is 0 Å². The van der Waals surface area contributed by atoms with Gasteiger partial charge in [0.05, 0.1) is 10.5 Å². The molecule has 0 bridgehead atoms. The summed E-state index contributed by atoms with van der Waals surface area (Å²) in [4.78, 5) is 13.0. The largest absolute Gasteiger partial charge is 0.390 e. The van der Waals surface area contributed by atoms with Gasteiger partial charge >= 0.3 is 5.69 Å². The monoisotopic (exact) mass is 279 g/mol. The molecule has 0 spiro atoms. The van der Waals surface area contributed by atoms with E-state index in [-0.39, 0.29) is 10.6 Å². The average Bonchev–Trinajstić information content (AvgIpc) is 2.38. The smallest absolute Gasteiger partial charge is 0.315 e. The number of nitrogens with one attached hydrogen (secondary N) is 1. The van der Waals surface area contributed by atoms with Gasteiger partial charge in [-0.05, 0) is 38.8 Å². The fraction of sp³-hybridized carbons (Fsp3) is 0.571. The van der Waals surface area contributed by atoms with Crippen LogP contribution in [0.25, 0.3) is 0 Å². The van der Waals surface area contributed by atoms with Crippen LogP contribution in [0.3, 0.4) is 0 Å². The number of benzene rings is 1. The summed E-state index contributed by atoms with van der Waals surface area (Å²) in [5.41, 5.74) is 0.636. The van der Waals surface area contributed by atoms with Crippen LogP contribution in [0, 0.1) is 10.1 Å². The lowest BCUT2D eigenvalue weighted by Gasteiger charge is -2.36. The Morgan fingerprint density at radius 3 is 2.65 bits per heavy atom. The summed E-state index contributed by atoms with van der Waals surface area (Å²) >= 11 is 0. The van der Waals surface area contributed by atoms with Crippen molar-refractivity contribution in [2.45, 2.75) is 32.3 Å². The number of nitro benzene ring substituents is 1. The third kappa shape index (κ3) is 3.01. The van der Waals surface area contributed by atoms with Crippen molar-refractivity contribution in [2.24, 2.45) is 0 Å². The highest BCUT2D eigenvalue weighted by molar-refractivity contribution is 5.77. The zero-order valence-corrected chi connectivity index (χ0v) is 11.9. The lowest BCUT2D eigenvalue weighted by atomic mass is 9.93. The van der Waals surface area contributed by atoms with Crippen molar-refractivity contribution in [1.82, 2.24) is 0 Å². The molecule has 1 aliphatic rings. The number of nitrogens with zero attached hydrogens (tertiary/aromatic N) is 2. The third-order valence-corrected chi connectivity index (χ3v) is 3.75. The van der Waals surface area contributed by atoms with Gasteiger partial charge in [0.15, 0.2) is 0 Å². The first-order valence-corrected chi connectivity index (χ1v) is 6.93. The van der Waals surface area contributed by atoms with Gasteiger partial charge in [-0.3, -0.25) is 10.1 Å². The Kier molecular flexibility index (Phi) is 4.13. The molecule has 0 saturated carbocycles. The van der Waals surface area contributed by atoms with E-state index in [2.05, 4.69) is 5.32 Å². The average molecular weight is 279 g/mol. The lowest BCUT2D eigenvalue weighted by Crippen LogP contribution is -2.42. The van der Waals surface area contributed by atoms with Crippen LogP contribution in [-0.4, -0.2) is 35.3 Å². The molecule has 2 rings (SSSR count). The zero-order chi connectivity index (χ0) is 14.8. The normalized spacial score (nSPS) is 17.9. The molecule has 0 aromatic heterocycles. The minimum Gasteiger partial charge on any atom is -0.390 e. The maximum Gasteiger partial charge on any atom is 0.315 e. The van der Waals surface area contributed by atoms with Crippen LogP contribution in [0.15, 0.2) is 18.2 Å². The molecule has 1 fully saturated rings. The Labute approximate surface area is 118 Å². The second-order valence-corrected chi connectivity index (χ2v) is 5.44. The van der Waals surface area contributed by atoms with E-state index in [9.17, 15) is 15.2 Å². The first kappa shape index (κ1) is 14.6. The number of nitro groups is 1. The van der Waals surface area contributed by atoms with E-state index in [1.54, 1.807) is 12.1 Å². The number of hydrogen-bond donors (Lipinski definition) is 2. The molecule has 2 N–H and O–H groups in total. The molecule has 0 aliphatic carbocycles. The predicted molar refractivity (Wildman–Crippen MR) is 79.3 cm³/mol. The minimum absolute atomic E-state index is 0.121. The molecule has 1 saturated heterocycles. The molecule has 6 heteroatoms. The molecule has 1 aromatic carbocycles. The van der Waals surface area contributed by atoms with Crippen molar-refractivity contribution in [1.29, 1.82) is 0 Å². The van der Waals surface area contributed by atoms with Crippen LogP contribution in [0.5, 0.6) is 0 Å². The van der Waals surface area contributed by atoms with Crippen molar-refractivity contribution in [3.8, 4) is 0 Å². The number of hydrogen-bond acceptors (Lipinski definition) is 5. The van der Waals surface area contributed by atoms with Crippen LogP contribution in [-0.2, 0) is 0 Å². The van der Waals surface area contributed by atoms with Crippen LogP contribution in [0.1, 0.15) is 26.7 Å². The quantitative estimate of drug-likeness (QED) is 0.653. The molecule has 0 radical (unpaired) electrons. The summed E-state index contributed by atoms with van der Waals surface area (Å²) in [6, 6.07) is 5.33. The second-order valence-electron chi connectivity index (χ2n) is 5.44. The Bertz CT molecular complexity index is 492. The van der Waals surface area contributed by atoms with Crippen LogP contribution < -0.4 is 10.2 Å². The first-order chi connectivity index (χ1) is 9.44. The molecular formula is C14H21N3O3. The van der Waals surface area contributed by atoms with E-state index in [0.29, 0.717) is 43.9 Å². The molecule has 110 valence electrons. The Hall–Kier alpha value is -1.82. The highest BCUT2D eigenvalue weighted by Crippen LogP contribution is 2.37. The highest BCUT2D eigenvalue weighted by atomic mass is 16.6. The second kappa shape index (κ2) is 5.66. The number of para-hydroxylation sites is 1. The number of anilines is 2. The first-order valence-electron chi connectivity index (χ1n) is 6.93. The maximum atomic E-state index is 11.4. The molecule has 1 heterocycles. The molecule has 20 heavy (non-hydrogen) atoms. The van der Waals surface area contributed by atoms with Crippen molar-refractivity contribution in [2.75, 3.05) is 29.9 Å². The summed E-state index contributed by atoms with van der Waals surface area (Å²) in [5.74, 6) is 0. The number of rotatable bonds is 4. The Morgan fingerprint density at radius 1 is 1.45 bits per heavy atom. The Morgan fingerprint density at radius 2 is 2.10 bits per heavy atom. The van der Waals surface area contributed by atoms with E-state index < -0.39 is 5.60 Å². The third-order valence-electron chi connectivity index (χ3n) is 3.75. The van der Waals surface area contributed by atoms with Gasteiger partial charge in [0.2, 0.25) is 0 Å². The van der Waals surface area contributed by atoms with E-state index in [0.717, 1.165) is 0 Å². The fourth-order valence-electron chi connectivity index (χ4n) is 2.54. The van der Waals surface area contributed by atoms with Gasteiger partial charge in [0, 0.05) is 19.6 Å². The molecular weight excluding hydrogens is 258 g/mol. The van der Waals surface area contributed by atoms with Gasteiger partial charge in [-0.1, -0.05) is 6.07 Å². The van der Waals surface area contributed by atoms with E-state index in [1.165, 1.54) is 0 Å². The van der Waals surface area contributed by atoms with Gasteiger partial charge in [0.1, 0.15) is 11.4 Å². The fourth-order valence-corrected chi connectivity index (χ4v) is 2.54. The van der Waals surface area contributed by atoms with Gasteiger partial charge in [-0.2, -0.15) is 0 Å². The zero-order valence-electron chi connectivity index (χ0n) is 11.9. The van der Waals surface area contributed by atoms with Gasteiger partial charge in [-0.25, -0.2) is 0 Å². The molecule has 0 unspecified atom stereocenters. The van der Waals surface area contributed by atoms with Crippen molar-refractivity contribution in [3.63, 3.8) is 0 Å². The van der Waals surface area contributed by atoms with Gasteiger partial charge in [0.25, 0.3) is 0 Å². The molecule has 1 aromatic rings. The van der Waals surface area contributed by atoms with Crippen molar-refractivity contribution in [3.05, 3.63) is 28.3 Å². The molecule has 1 aliphatic heterocycles. The predicted octanol–water partition coefficient (Wildman–Crippen LogP) is 2.38. The maximum absolute atomic E-state index is 11.4. The van der Waals surface area contributed by atoms with Crippen LogP contribution >= 0.6 is 0 Å². The number of aliphatic hydroxyl groups is 1. The van der Waals surface area contributed by atoms with Crippen LogP contribution in [0.4, 0.5) is 17.1 Å². The summed E-state index contributed by atoms with van der Waals surface area (Å²) in [7, 11) is 0. The summed E-state index contributed by atoms with van der Waals surface area (Å²) < 4.78 is 0.